The molecule has 0 unspecified atom stereocenters. The van der Waals surface area contributed by atoms with Crippen LogP contribution in [0.2, 0.25) is 5.02 Å². The minimum absolute atomic E-state index is 0.148. The molecule has 0 aliphatic carbocycles. The molecule has 0 aliphatic heterocycles. The molecule has 1 aromatic heterocycles. The molecule has 0 aliphatic rings. The predicted molar refractivity (Wildman–Crippen MR) is 118 cm³/mol. The normalized spacial score (nSPS) is 10.5. The van der Waals surface area contributed by atoms with Crippen LogP contribution in [0.15, 0.2) is 76.4 Å². The van der Waals surface area contributed by atoms with Gasteiger partial charge in [0.05, 0.1) is 29.7 Å². The van der Waals surface area contributed by atoms with Crippen molar-refractivity contribution in [3.8, 4) is 5.75 Å². The zero-order valence-corrected chi connectivity index (χ0v) is 17.5. The number of nitrogens with one attached hydrogen (secondary N) is 3. The summed E-state index contributed by atoms with van der Waals surface area (Å²) in [7, 11) is 0. The molecule has 10 heteroatoms. The number of hydrogen-bond donors (Lipinski definition) is 3. The maximum absolute atomic E-state index is 11.9. The molecule has 9 nitrogen and oxygen atoms in total. The van der Waals surface area contributed by atoms with Crippen molar-refractivity contribution in [3.63, 3.8) is 0 Å². The Hall–Kier alpha value is -4.11. The molecule has 0 radical (unpaired) electrons. The lowest BCUT2D eigenvalue weighted by Crippen LogP contribution is -2.32. The van der Waals surface area contributed by atoms with Gasteiger partial charge in [-0.1, -0.05) is 23.7 Å². The third-order valence-corrected chi connectivity index (χ3v) is 4.33. The van der Waals surface area contributed by atoms with E-state index in [2.05, 4.69) is 21.2 Å². The zero-order valence-electron chi connectivity index (χ0n) is 16.7. The molecule has 3 rings (SSSR count). The predicted octanol–water partition coefficient (Wildman–Crippen LogP) is 2.72. The molecule has 0 saturated heterocycles. The van der Waals surface area contributed by atoms with Crippen LogP contribution in [0.4, 0.5) is 5.69 Å². The van der Waals surface area contributed by atoms with E-state index in [9.17, 15) is 14.4 Å². The molecule has 0 saturated carbocycles. The van der Waals surface area contributed by atoms with Crippen LogP contribution in [0.25, 0.3) is 0 Å². The van der Waals surface area contributed by atoms with E-state index < -0.39 is 11.8 Å². The number of amides is 3. The van der Waals surface area contributed by atoms with Crippen LogP contribution in [0.1, 0.15) is 11.3 Å². The Morgan fingerprint density at radius 1 is 1.00 bits per heavy atom. The number of carbonyl (C=O) groups excluding carboxylic acids is 3. The lowest BCUT2D eigenvalue weighted by molar-refractivity contribution is -0.136. The fraction of sp³-hybridized carbons (Fsp3) is 0.0909. The lowest BCUT2D eigenvalue weighted by atomic mass is 10.2. The number of ether oxygens (including phenoxy) is 1. The Morgan fingerprint density at radius 3 is 2.50 bits per heavy atom. The van der Waals surface area contributed by atoms with E-state index in [0.717, 1.165) is 0 Å². The van der Waals surface area contributed by atoms with Gasteiger partial charge in [-0.25, -0.2) is 5.43 Å². The first-order valence-corrected chi connectivity index (χ1v) is 9.80. The first-order chi connectivity index (χ1) is 15.5. The van der Waals surface area contributed by atoms with Gasteiger partial charge in [-0.15, -0.1) is 0 Å². The molecule has 0 bridgehead atoms. The van der Waals surface area contributed by atoms with Crippen molar-refractivity contribution in [1.29, 1.82) is 0 Å². The maximum atomic E-state index is 11.9. The van der Waals surface area contributed by atoms with Crippen molar-refractivity contribution in [3.05, 3.63) is 83.3 Å². The van der Waals surface area contributed by atoms with Crippen molar-refractivity contribution in [2.45, 2.75) is 6.54 Å². The van der Waals surface area contributed by atoms with Crippen molar-refractivity contribution in [2.75, 3.05) is 11.9 Å². The Morgan fingerprint density at radius 2 is 1.78 bits per heavy atom. The van der Waals surface area contributed by atoms with Crippen LogP contribution < -0.4 is 20.8 Å². The Bertz CT molecular complexity index is 1100. The minimum Gasteiger partial charge on any atom is -0.484 e. The first-order valence-electron chi connectivity index (χ1n) is 9.42. The summed E-state index contributed by atoms with van der Waals surface area (Å²) in [6.07, 6.45) is 2.89. The highest BCUT2D eigenvalue weighted by molar-refractivity contribution is 6.41. The van der Waals surface area contributed by atoms with Crippen LogP contribution in [0, 0.1) is 0 Å². The number of benzene rings is 2. The Kier molecular flexibility index (Phi) is 7.99. The zero-order chi connectivity index (χ0) is 22.8. The van der Waals surface area contributed by atoms with E-state index in [1.54, 1.807) is 60.7 Å². The van der Waals surface area contributed by atoms with Gasteiger partial charge < -0.3 is 19.8 Å². The van der Waals surface area contributed by atoms with E-state index in [1.165, 1.54) is 12.5 Å². The largest absolute Gasteiger partial charge is 0.484 e. The monoisotopic (exact) mass is 454 g/mol. The second kappa shape index (κ2) is 11.3. The van der Waals surface area contributed by atoms with Gasteiger partial charge in [0, 0.05) is 0 Å². The molecule has 3 N–H and O–H groups in total. The lowest BCUT2D eigenvalue weighted by Gasteiger charge is -2.07. The Labute approximate surface area is 188 Å². The second-order valence-electron chi connectivity index (χ2n) is 6.35. The average molecular weight is 455 g/mol. The highest BCUT2D eigenvalue weighted by atomic mass is 35.5. The van der Waals surface area contributed by atoms with Gasteiger partial charge in [-0.05, 0) is 54.1 Å². The second-order valence-corrected chi connectivity index (χ2v) is 6.75. The third-order valence-electron chi connectivity index (χ3n) is 4.00. The third kappa shape index (κ3) is 6.99. The number of hydrazone groups is 1. The van der Waals surface area contributed by atoms with E-state index in [-0.39, 0.29) is 19.1 Å². The molecule has 164 valence electrons. The minimum atomic E-state index is -0.943. The number of halogens is 1. The van der Waals surface area contributed by atoms with E-state index in [4.69, 9.17) is 20.8 Å². The molecular weight excluding hydrogens is 436 g/mol. The number of anilines is 1. The number of rotatable bonds is 8. The SMILES string of the molecule is O=C(COc1ccc(/C=N\NC(=O)C(=O)Nc2ccccc2Cl)cc1)NCc1ccco1. The van der Waals surface area contributed by atoms with Crippen LogP contribution in [-0.4, -0.2) is 30.5 Å². The molecule has 3 aromatic rings. The van der Waals surface area contributed by atoms with Crippen molar-refractivity contribution >= 4 is 41.2 Å². The van der Waals surface area contributed by atoms with Crippen LogP contribution in [0.5, 0.6) is 5.75 Å². The van der Waals surface area contributed by atoms with Gasteiger partial charge in [0.1, 0.15) is 11.5 Å². The molecular formula is C22H19ClN4O5. The highest BCUT2D eigenvalue weighted by Gasteiger charge is 2.14. The van der Waals surface area contributed by atoms with Gasteiger partial charge in [-0.2, -0.15) is 5.10 Å². The van der Waals surface area contributed by atoms with Gasteiger partial charge in [0.15, 0.2) is 6.61 Å². The average Bonchev–Trinajstić information content (AvgIpc) is 3.32. The van der Waals surface area contributed by atoms with Crippen LogP contribution in [0.3, 0.4) is 0 Å². The van der Waals surface area contributed by atoms with E-state index >= 15 is 0 Å². The molecule has 2 aromatic carbocycles. The van der Waals surface area contributed by atoms with Crippen molar-refractivity contribution < 1.29 is 23.5 Å². The van der Waals surface area contributed by atoms with E-state index in [0.29, 0.717) is 27.8 Å². The summed E-state index contributed by atoms with van der Waals surface area (Å²) in [5.41, 5.74) is 3.10. The van der Waals surface area contributed by atoms with Gasteiger partial charge >= 0.3 is 11.8 Å². The highest BCUT2D eigenvalue weighted by Crippen LogP contribution is 2.20. The quantitative estimate of drug-likeness (QED) is 0.274. The molecule has 1 heterocycles. The maximum Gasteiger partial charge on any atom is 0.329 e. The summed E-state index contributed by atoms with van der Waals surface area (Å²) >= 11 is 5.93. The van der Waals surface area contributed by atoms with Gasteiger partial charge in [0.25, 0.3) is 5.91 Å². The number of para-hydroxylation sites is 1. The number of carbonyl (C=O) groups is 3. The summed E-state index contributed by atoms with van der Waals surface area (Å²) in [6.45, 7) is 0.136. The summed E-state index contributed by atoms with van der Waals surface area (Å²) in [6, 6.07) is 16.7. The van der Waals surface area contributed by atoms with Crippen molar-refractivity contribution in [2.24, 2.45) is 5.10 Å². The fourth-order valence-corrected chi connectivity index (χ4v) is 2.59. The van der Waals surface area contributed by atoms with E-state index in [1.807, 2.05) is 0 Å². The standard InChI is InChI=1S/C22H19ClN4O5/c23-18-5-1-2-6-19(18)26-21(29)22(30)27-25-12-15-7-9-16(10-8-15)32-14-20(28)24-13-17-4-3-11-31-17/h1-12H,13-14H2,(H,24,28)(H,26,29)(H,27,30)/b25-12-. The number of furan rings is 1. The van der Waals surface area contributed by atoms with Crippen molar-refractivity contribution in [1.82, 2.24) is 10.7 Å². The summed E-state index contributed by atoms with van der Waals surface area (Å²) in [5, 5.41) is 9.13. The summed E-state index contributed by atoms with van der Waals surface area (Å²) in [5.74, 6) is -0.996. The number of hydrogen-bond acceptors (Lipinski definition) is 6. The molecule has 0 atom stereocenters. The molecule has 0 spiro atoms. The van der Waals surface area contributed by atoms with Gasteiger partial charge in [-0.3, -0.25) is 14.4 Å². The summed E-state index contributed by atoms with van der Waals surface area (Å²) < 4.78 is 10.5. The number of nitrogens with zero attached hydrogens (tertiary/aromatic N) is 1. The molecule has 0 fully saturated rings. The van der Waals surface area contributed by atoms with Gasteiger partial charge in [0.2, 0.25) is 0 Å². The topological polar surface area (TPSA) is 122 Å². The fourth-order valence-electron chi connectivity index (χ4n) is 2.41. The first kappa shape index (κ1) is 22.6. The summed E-state index contributed by atoms with van der Waals surface area (Å²) in [4.78, 5) is 35.5. The molecule has 32 heavy (non-hydrogen) atoms. The van der Waals surface area contributed by atoms with Crippen LogP contribution >= 0.6 is 11.6 Å². The molecule has 3 amide bonds. The smallest absolute Gasteiger partial charge is 0.329 e. The Balaban J connectivity index is 1.40. The van der Waals surface area contributed by atoms with Crippen LogP contribution in [-0.2, 0) is 20.9 Å².